The first kappa shape index (κ1) is 22.6. The molecule has 7 nitrogen and oxygen atoms in total. The SMILES string of the molecule is CC(C)(C)OC(=O)N1CCN2C(NCCc3c[nH]c4ccc(F)cc34)=NCC2C1.I. The van der Waals surface area contributed by atoms with E-state index in [9.17, 15) is 9.18 Å². The number of hydrogen-bond donors (Lipinski definition) is 2. The molecule has 1 amide bonds. The van der Waals surface area contributed by atoms with Crippen molar-refractivity contribution in [2.24, 2.45) is 4.99 Å². The first-order valence-electron chi connectivity index (χ1n) is 10.1. The summed E-state index contributed by atoms with van der Waals surface area (Å²) < 4.78 is 19.0. The summed E-state index contributed by atoms with van der Waals surface area (Å²) in [5, 5.41) is 4.33. The number of nitrogens with zero attached hydrogens (tertiary/aromatic N) is 3. The van der Waals surface area contributed by atoms with Gasteiger partial charge in [0.05, 0.1) is 12.6 Å². The van der Waals surface area contributed by atoms with Crippen LogP contribution in [-0.2, 0) is 11.2 Å². The minimum absolute atomic E-state index is 0. The Morgan fingerprint density at radius 1 is 1.37 bits per heavy atom. The Kier molecular flexibility index (Phi) is 6.78. The lowest BCUT2D eigenvalue weighted by Crippen LogP contribution is -2.57. The van der Waals surface area contributed by atoms with Crippen molar-refractivity contribution in [2.45, 2.75) is 38.8 Å². The van der Waals surface area contributed by atoms with E-state index in [1.54, 1.807) is 17.0 Å². The molecule has 0 radical (unpaired) electrons. The number of amides is 1. The molecule has 2 N–H and O–H groups in total. The Balaban J connectivity index is 0.00000256. The number of H-pyrrole nitrogens is 1. The van der Waals surface area contributed by atoms with Gasteiger partial charge < -0.3 is 24.8 Å². The molecule has 2 aliphatic rings. The van der Waals surface area contributed by atoms with Gasteiger partial charge in [-0.15, -0.1) is 24.0 Å². The highest BCUT2D eigenvalue weighted by Gasteiger charge is 2.36. The number of rotatable bonds is 3. The Morgan fingerprint density at radius 3 is 2.93 bits per heavy atom. The quantitative estimate of drug-likeness (QED) is 0.599. The zero-order chi connectivity index (χ0) is 20.6. The Bertz CT molecular complexity index is 939. The van der Waals surface area contributed by atoms with Crippen LogP contribution in [0.15, 0.2) is 29.4 Å². The monoisotopic (exact) mass is 529 g/mol. The number of halogens is 2. The van der Waals surface area contributed by atoms with Gasteiger partial charge in [-0.25, -0.2) is 9.18 Å². The first-order valence-corrected chi connectivity index (χ1v) is 10.1. The van der Waals surface area contributed by atoms with Crippen molar-refractivity contribution in [3.8, 4) is 0 Å². The molecule has 3 heterocycles. The molecule has 1 fully saturated rings. The molecule has 1 atom stereocenters. The summed E-state index contributed by atoms with van der Waals surface area (Å²) in [4.78, 5) is 24.1. The number of benzene rings is 1. The molecular weight excluding hydrogens is 500 g/mol. The number of nitrogens with one attached hydrogen (secondary N) is 2. The predicted octanol–water partition coefficient (Wildman–Crippen LogP) is 3.35. The van der Waals surface area contributed by atoms with E-state index in [0.29, 0.717) is 26.2 Å². The van der Waals surface area contributed by atoms with Gasteiger partial charge in [0.1, 0.15) is 11.4 Å². The number of carbonyl (C=O) groups excluding carboxylic acids is 1. The Labute approximate surface area is 193 Å². The van der Waals surface area contributed by atoms with Gasteiger partial charge in [0.2, 0.25) is 0 Å². The molecule has 2 aliphatic heterocycles. The van der Waals surface area contributed by atoms with Crippen LogP contribution in [-0.4, -0.2) is 71.2 Å². The third kappa shape index (κ3) is 4.98. The molecule has 0 saturated carbocycles. The number of fused-ring (bicyclic) bond motifs is 2. The molecule has 4 rings (SSSR count). The zero-order valence-electron chi connectivity index (χ0n) is 17.6. The lowest BCUT2D eigenvalue weighted by molar-refractivity contribution is 0.0137. The molecule has 9 heteroatoms. The van der Waals surface area contributed by atoms with Gasteiger partial charge in [-0.3, -0.25) is 4.99 Å². The van der Waals surface area contributed by atoms with E-state index in [2.05, 4.69) is 20.2 Å². The standard InChI is InChI=1S/C21H28FN5O2.HI/c1-21(2,3)29-20(28)26-8-9-27-16(13-26)12-25-19(27)23-7-6-14-11-24-18-5-4-15(22)10-17(14)18;/h4-5,10-11,16,24H,6-9,12-13H2,1-3H3,(H,23,25);1H. The number of piperazine rings is 1. The minimum Gasteiger partial charge on any atom is -0.444 e. The fourth-order valence-electron chi connectivity index (χ4n) is 3.89. The van der Waals surface area contributed by atoms with Crippen LogP contribution in [0, 0.1) is 5.82 Å². The van der Waals surface area contributed by atoms with Crippen LogP contribution < -0.4 is 5.32 Å². The molecular formula is C21H29FIN5O2. The molecule has 1 unspecified atom stereocenters. The van der Waals surface area contributed by atoms with Crippen LogP contribution in [0.25, 0.3) is 10.9 Å². The highest BCUT2D eigenvalue weighted by molar-refractivity contribution is 14.0. The van der Waals surface area contributed by atoms with Gasteiger partial charge in [-0.05, 0) is 51.0 Å². The highest BCUT2D eigenvalue weighted by Crippen LogP contribution is 2.21. The topological polar surface area (TPSA) is 73.0 Å². The summed E-state index contributed by atoms with van der Waals surface area (Å²) in [6.45, 7) is 8.98. The van der Waals surface area contributed by atoms with E-state index in [1.165, 1.54) is 6.07 Å². The van der Waals surface area contributed by atoms with Crippen molar-refractivity contribution in [1.29, 1.82) is 0 Å². The van der Waals surface area contributed by atoms with Crippen LogP contribution in [0.3, 0.4) is 0 Å². The normalized spacial score (nSPS) is 18.7. The zero-order valence-corrected chi connectivity index (χ0v) is 19.9. The minimum atomic E-state index is -0.488. The second-order valence-corrected chi connectivity index (χ2v) is 8.62. The van der Waals surface area contributed by atoms with Crippen molar-refractivity contribution in [1.82, 2.24) is 20.1 Å². The number of aromatic amines is 1. The maximum Gasteiger partial charge on any atom is 0.410 e. The van der Waals surface area contributed by atoms with Gasteiger partial charge in [0.15, 0.2) is 5.96 Å². The molecule has 2 aromatic rings. The second kappa shape index (κ2) is 8.99. The molecule has 164 valence electrons. The molecule has 0 bridgehead atoms. The van der Waals surface area contributed by atoms with Crippen LogP contribution in [0.4, 0.5) is 9.18 Å². The average molecular weight is 529 g/mol. The summed E-state index contributed by atoms with van der Waals surface area (Å²) >= 11 is 0. The summed E-state index contributed by atoms with van der Waals surface area (Å²) in [6.07, 6.45) is 2.44. The molecule has 1 saturated heterocycles. The number of guanidine groups is 1. The lowest BCUT2D eigenvalue weighted by atomic mass is 10.1. The largest absolute Gasteiger partial charge is 0.444 e. The van der Waals surface area contributed by atoms with Crippen LogP contribution in [0.5, 0.6) is 0 Å². The smallest absolute Gasteiger partial charge is 0.410 e. The third-order valence-corrected chi connectivity index (χ3v) is 5.27. The van der Waals surface area contributed by atoms with Gasteiger partial charge in [-0.2, -0.15) is 0 Å². The number of aromatic nitrogens is 1. The van der Waals surface area contributed by atoms with Crippen molar-refractivity contribution in [3.05, 3.63) is 35.8 Å². The first-order chi connectivity index (χ1) is 13.8. The van der Waals surface area contributed by atoms with E-state index in [-0.39, 0.29) is 41.9 Å². The summed E-state index contributed by atoms with van der Waals surface area (Å²) in [6, 6.07) is 4.98. The molecule has 0 aliphatic carbocycles. The van der Waals surface area contributed by atoms with Crippen LogP contribution >= 0.6 is 24.0 Å². The predicted molar refractivity (Wildman–Crippen MR) is 126 cm³/mol. The van der Waals surface area contributed by atoms with E-state index in [1.807, 2.05) is 27.0 Å². The van der Waals surface area contributed by atoms with E-state index >= 15 is 0 Å². The van der Waals surface area contributed by atoms with Gasteiger partial charge in [-0.1, -0.05) is 0 Å². The average Bonchev–Trinajstić information content (AvgIpc) is 3.24. The van der Waals surface area contributed by atoms with Gasteiger partial charge in [0.25, 0.3) is 0 Å². The molecule has 1 aromatic carbocycles. The number of hydrogen-bond acceptors (Lipinski definition) is 5. The van der Waals surface area contributed by atoms with Crippen LogP contribution in [0.1, 0.15) is 26.3 Å². The second-order valence-electron chi connectivity index (χ2n) is 8.62. The highest BCUT2D eigenvalue weighted by atomic mass is 127. The number of carbonyl (C=O) groups is 1. The van der Waals surface area contributed by atoms with Crippen molar-refractivity contribution >= 4 is 46.9 Å². The molecule has 30 heavy (non-hydrogen) atoms. The van der Waals surface area contributed by atoms with Gasteiger partial charge in [0, 0.05) is 43.3 Å². The van der Waals surface area contributed by atoms with Crippen molar-refractivity contribution < 1.29 is 13.9 Å². The fraction of sp³-hybridized carbons (Fsp3) is 0.524. The Hall–Kier alpha value is -2.04. The third-order valence-electron chi connectivity index (χ3n) is 5.27. The van der Waals surface area contributed by atoms with Gasteiger partial charge >= 0.3 is 6.09 Å². The summed E-state index contributed by atoms with van der Waals surface area (Å²) in [5.41, 5.74) is 1.54. The van der Waals surface area contributed by atoms with Crippen molar-refractivity contribution in [3.63, 3.8) is 0 Å². The van der Waals surface area contributed by atoms with E-state index < -0.39 is 5.60 Å². The molecule has 1 aromatic heterocycles. The summed E-state index contributed by atoms with van der Waals surface area (Å²) in [7, 11) is 0. The van der Waals surface area contributed by atoms with E-state index in [4.69, 9.17) is 4.74 Å². The number of aliphatic imine (C=N–C) groups is 1. The van der Waals surface area contributed by atoms with Crippen molar-refractivity contribution in [2.75, 3.05) is 32.7 Å². The van der Waals surface area contributed by atoms with Crippen LogP contribution in [0.2, 0.25) is 0 Å². The molecule has 0 spiro atoms. The Morgan fingerprint density at radius 2 is 2.17 bits per heavy atom. The maximum atomic E-state index is 13.5. The van der Waals surface area contributed by atoms with E-state index in [0.717, 1.165) is 35.4 Å². The number of ether oxygens (including phenoxy) is 1. The fourth-order valence-corrected chi connectivity index (χ4v) is 3.89. The summed E-state index contributed by atoms with van der Waals surface area (Å²) in [5.74, 6) is 0.655. The maximum absolute atomic E-state index is 13.5. The lowest BCUT2D eigenvalue weighted by Gasteiger charge is -2.39.